The predicted octanol–water partition coefficient (Wildman–Crippen LogP) is 8.99. The molecular weight excluding hydrogens is 902 g/mol. The van der Waals surface area contributed by atoms with E-state index in [-0.39, 0.29) is 28.0 Å². The third-order valence-corrected chi connectivity index (χ3v) is 13.1. The number of piperazine rings is 1. The number of anilines is 2. The number of benzene rings is 3. The number of halogens is 11. The van der Waals surface area contributed by atoms with Crippen molar-refractivity contribution >= 4 is 44.3 Å². The van der Waals surface area contributed by atoms with Crippen LogP contribution >= 0.6 is 11.3 Å². The van der Waals surface area contributed by atoms with Gasteiger partial charge >= 0.3 is 12.4 Å². The molecule has 4 atom stereocenters. The SMILES string of the molecule is C[C@H]1C2[C@H]1c1c(C(F)(F)F)nn(CC(=O)N[C@@H](Cc3cc(F)cc(F)c3)c3nc4nc(N5CCN(c6ccc(C(F)(F)F)cc6)CC5)sc4cc3-c3ccc(F)c(C(N)=O)c3)c1C2(F)F. The van der Waals surface area contributed by atoms with Crippen molar-refractivity contribution in [1.29, 1.82) is 0 Å². The zero-order chi connectivity index (χ0) is 46.5. The molecule has 2 fully saturated rings. The summed E-state index contributed by atoms with van der Waals surface area (Å²) in [5, 5.41) is 6.50. The van der Waals surface area contributed by atoms with Gasteiger partial charge in [-0.05, 0) is 78.1 Å². The first kappa shape index (κ1) is 43.9. The van der Waals surface area contributed by atoms with Crippen LogP contribution in [-0.4, -0.2) is 57.7 Å². The Bertz CT molecular complexity index is 2850. The highest BCUT2D eigenvalue weighted by atomic mass is 32.1. The third-order valence-electron chi connectivity index (χ3n) is 12.1. The minimum absolute atomic E-state index is 0.0394. The summed E-state index contributed by atoms with van der Waals surface area (Å²) in [6.45, 7) is 1.81. The molecule has 1 saturated carbocycles. The number of alkyl halides is 8. The van der Waals surface area contributed by atoms with Crippen LogP contribution in [-0.2, 0) is 36.0 Å². The fraction of sp³-hybridized carbons (Fsp3) is 0.326. The molecule has 3 N–H and O–H groups in total. The van der Waals surface area contributed by atoms with Crippen molar-refractivity contribution in [3.05, 3.63) is 124 Å². The lowest BCUT2D eigenvalue weighted by Gasteiger charge is -2.36. The molecule has 3 aliphatic rings. The monoisotopic (exact) mass is 934 g/mol. The zero-order valence-corrected chi connectivity index (χ0v) is 34.4. The Morgan fingerprint density at radius 1 is 0.877 bits per heavy atom. The van der Waals surface area contributed by atoms with Crippen molar-refractivity contribution in [3.63, 3.8) is 0 Å². The highest BCUT2D eigenvalue weighted by Crippen LogP contribution is 2.71. The predicted molar refractivity (Wildman–Crippen MR) is 215 cm³/mol. The van der Waals surface area contributed by atoms with Gasteiger partial charge in [-0.1, -0.05) is 24.3 Å². The van der Waals surface area contributed by atoms with E-state index in [0.717, 1.165) is 36.4 Å². The average molecular weight is 935 g/mol. The molecule has 2 amide bonds. The van der Waals surface area contributed by atoms with Gasteiger partial charge in [0.25, 0.3) is 11.8 Å². The molecule has 0 spiro atoms. The van der Waals surface area contributed by atoms with Crippen LogP contribution in [0, 0.1) is 29.3 Å². The van der Waals surface area contributed by atoms with Gasteiger partial charge in [0.15, 0.2) is 16.5 Å². The molecule has 1 saturated heterocycles. The van der Waals surface area contributed by atoms with Crippen molar-refractivity contribution < 1.29 is 57.9 Å². The molecule has 10 nitrogen and oxygen atoms in total. The summed E-state index contributed by atoms with van der Waals surface area (Å²) in [6, 6.07) is 10.7. The fourth-order valence-corrected chi connectivity index (χ4v) is 10.0. The second-order valence-electron chi connectivity index (χ2n) is 16.2. The number of carbonyl (C=O) groups excluding carboxylic acids is 2. The number of carbonyl (C=O) groups is 2. The second kappa shape index (κ2) is 15.7. The van der Waals surface area contributed by atoms with Gasteiger partial charge in [-0.2, -0.15) is 45.2 Å². The van der Waals surface area contributed by atoms with E-state index in [4.69, 9.17) is 15.7 Å². The van der Waals surface area contributed by atoms with Gasteiger partial charge in [-0.15, -0.1) is 0 Å². The Labute approximate surface area is 364 Å². The Kier molecular flexibility index (Phi) is 10.6. The van der Waals surface area contributed by atoms with E-state index in [1.165, 1.54) is 36.5 Å². The summed E-state index contributed by atoms with van der Waals surface area (Å²) in [5.41, 5.74) is 1.73. The van der Waals surface area contributed by atoms with E-state index in [9.17, 15) is 49.1 Å². The highest BCUT2D eigenvalue weighted by molar-refractivity contribution is 7.22. The van der Waals surface area contributed by atoms with Crippen molar-refractivity contribution in [2.45, 2.75) is 50.1 Å². The van der Waals surface area contributed by atoms with Gasteiger partial charge in [0.2, 0.25) is 5.91 Å². The van der Waals surface area contributed by atoms with E-state index >= 15 is 8.78 Å². The maximum absolute atomic E-state index is 15.7. The Hall–Kier alpha value is -6.32. The van der Waals surface area contributed by atoms with Gasteiger partial charge in [0.1, 0.15) is 29.7 Å². The molecule has 6 aromatic rings. The smallest absolute Gasteiger partial charge is 0.368 e. The van der Waals surface area contributed by atoms with Crippen LogP contribution in [0.25, 0.3) is 21.5 Å². The standard InChI is InChI=1S/C43H33F11N8O2S/c1-19-32-33-36(43(52,53)54)59-62(37(33)41(47,48)34(19)32)18-31(63)56-29(14-20-12-23(44)16-24(45)13-20)35-26(21-2-7-28(46)27(15-21)38(55)64)17-30-39(57-35)58-40(65-30)61-10-8-60(9-11-61)25-5-3-22(4-6-25)42(49,50)51/h2-7,12-13,15-17,19,29,32,34H,8-11,14,18H2,1H3,(H2,55,64)(H,56,63)/t19-,29+,32-,34?/m1/s1. The maximum atomic E-state index is 15.7. The van der Waals surface area contributed by atoms with Crippen LogP contribution in [0.2, 0.25) is 0 Å². The summed E-state index contributed by atoms with van der Waals surface area (Å²) >= 11 is 1.17. The maximum Gasteiger partial charge on any atom is 0.435 e. The molecule has 1 unspecified atom stereocenters. The topological polar surface area (TPSA) is 122 Å². The number of pyridine rings is 1. The largest absolute Gasteiger partial charge is 0.435 e. The molecule has 2 aliphatic carbocycles. The summed E-state index contributed by atoms with van der Waals surface area (Å²) in [4.78, 5) is 39.6. The number of fused-ring (bicyclic) bond motifs is 4. The number of nitrogens with one attached hydrogen (secondary N) is 1. The van der Waals surface area contributed by atoms with Gasteiger partial charge in [-0.25, -0.2) is 18.2 Å². The second-order valence-corrected chi connectivity index (χ2v) is 17.2. The van der Waals surface area contributed by atoms with E-state index < -0.39 is 112 Å². The molecule has 9 rings (SSSR count). The number of nitrogens with zero attached hydrogens (tertiary/aromatic N) is 6. The Balaban J connectivity index is 1.09. The number of nitrogens with two attached hydrogens (primary N) is 1. The third kappa shape index (κ3) is 8.09. The summed E-state index contributed by atoms with van der Waals surface area (Å²) < 4.78 is 158. The number of hydrogen-bond donors (Lipinski definition) is 2. The number of amides is 2. The van der Waals surface area contributed by atoms with Gasteiger partial charge in [0.05, 0.1) is 27.6 Å². The van der Waals surface area contributed by atoms with Crippen LogP contribution in [0.1, 0.15) is 63.0 Å². The lowest BCUT2D eigenvalue weighted by atomic mass is 9.94. The van der Waals surface area contributed by atoms with Crippen LogP contribution in [0.15, 0.2) is 66.7 Å². The molecule has 4 heterocycles. The van der Waals surface area contributed by atoms with Gasteiger partial charge < -0.3 is 20.9 Å². The van der Waals surface area contributed by atoms with Gasteiger partial charge in [-0.3, -0.25) is 14.3 Å². The van der Waals surface area contributed by atoms with Crippen molar-refractivity contribution in [3.8, 4) is 11.1 Å². The molecule has 340 valence electrons. The lowest BCUT2D eigenvalue weighted by Crippen LogP contribution is -2.46. The molecule has 3 aromatic carbocycles. The van der Waals surface area contributed by atoms with Crippen LogP contribution in [0.5, 0.6) is 0 Å². The van der Waals surface area contributed by atoms with E-state index in [1.54, 1.807) is 6.07 Å². The number of hydrogen-bond acceptors (Lipinski definition) is 8. The quantitative estimate of drug-likeness (QED) is 0.132. The minimum Gasteiger partial charge on any atom is -0.368 e. The minimum atomic E-state index is -5.12. The number of primary amides is 1. The zero-order valence-electron chi connectivity index (χ0n) is 33.5. The van der Waals surface area contributed by atoms with E-state index in [2.05, 4.69) is 10.4 Å². The van der Waals surface area contributed by atoms with E-state index in [0.29, 0.717) is 52.4 Å². The summed E-state index contributed by atoms with van der Waals surface area (Å²) in [6.07, 6.45) is -10.1. The normalized spacial score (nSPS) is 19.6. The molecule has 1 aliphatic heterocycles. The van der Waals surface area contributed by atoms with Crippen LogP contribution in [0.4, 0.5) is 59.1 Å². The molecule has 0 radical (unpaired) electrons. The number of rotatable bonds is 10. The fourth-order valence-electron chi connectivity index (χ4n) is 9.04. The Morgan fingerprint density at radius 3 is 2.17 bits per heavy atom. The molecule has 0 bridgehead atoms. The Morgan fingerprint density at radius 2 is 1.54 bits per heavy atom. The van der Waals surface area contributed by atoms with E-state index in [1.807, 2.05) is 9.80 Å². The molecule has 65 heavy (non-hydrogen) atoms. The van der Waals surface area contributed by atoms with Crippen molar-refractivity contribution in [2.75, 3.05) is 36.0 Å². The summed E-state index contributed by atoms with van der Waals surface area (Å²) in [5.74, 6) is -12.3. The number of thiazole rings is 1. The summed E-state index contributed by atoms with van der Waals surface area (Å²) in [7, 11) is 0. The first-order valence-electron chi connectivity index (χ1n) is 20.0. The van der Waals surface area contributed by atoms with Crippen molar-refractivity contribution in [2.24, 2.45) is 17.6 Å². The van der Waals surface area contributed by atoms with Crippen LogP contribution in [0.3, 0.4) is 0 Å². The lowest BCUT2D eigenvalue weighted by molar-refractivity contribution is -0.142. The molecule has 3 aromatic heterocycles. The molecule has 22 heteroatoms. The van der Waals surface area contributed by atoms with Gasteiger partial charge in [0, 0.05) is 60.9 Å². The first-order chi connectivity index (χ1) is 30.6. The first-order valence-corrected chi connectivity index (χ1v) is 20.8. The number of aromatic nitrogens is 4. The highest BCUT2D eigenvalue weighted by Gasteiger charge is 2.72. The van der Waals surface area contributed by atoms with Crippen LogP contribution < -0.4 is 20.9 Å². The van der Waals surface area contributed by atoms with Crippen molar-refractivity contribution in [1.82, 2.24) is 25.1 Å². The molecular formula is C43H33F11N8O2S. The average Bonchev–Trinajstić information content (AvgIpc) is 3.46.